The number of rotatable bonds is 2. The maximum absolute atomic E-state index is 11.2. The van der Waals surface area contributed by atoms with E-state index >= 15 is 0 Å². The molecule has 0 saturated heterocycles. The van der Waals surface area contributed by atoms with E-state index < -0.39 is 5.97 Å². The summed E-state index contributed by atoms with van der Waals surface area (Å²) in [6.45, 7) is 4.16. The number of aryl methyl sites for hydroxylation is 2. The second-order valence-electron chi connectivity index (χ2n) is 5.28. The van der Waals surface area contributed by atoms with Gasteiger partial charge in [-0.05, 0) is 41.7 Å². The van der Waals surface area contributed by atoms with Crippen molar-refractivity contribution in [1.82, 2.24) is 0 Å². The van der Waals surface area contributed by atoms with Crippen LogP contribution in [0.3, 0.4) is 0 Å². The fourth-order valence-corrected chi connectivity index (χ4v) is 3.25. The van der Waals surface area contributed by atoms with E-state index in [-0.39, 0.29) is 12.3 Å². The third-order valence-corrected chi connectivity index (χ3v) is 3.88. The van der Waals surface area contributed by atoms with Gasteiger partial charge in [0.2, 0.25) is 0 Å². The van der Waals surface area contributed by atoms with E-state index in [1.807, 2.05) is 12.1 Å². The van der Waals surface area contributed by atoms with Crippen molar-refractivity contribution in [3.63, 3.8) is 0 Å². The van der Waals surface area contributed by atoms with Crippen LogP contribution in [0.1, 0.15) is 34.6 Å². The van der Waals surface area contributed by atoms with Crippen molar-refractivity contribution in [2.75, 3.05) is 0 Å². The predicted molar refractivity (Wildman–Crippen MR) is 75.4 cm³/mol. The number of carboxylic acids is 1. The Morgan fingerprint density at radius 1 is 1.16 bits per heavy atom. The first-order valence-corrected chi connectivity index (χ1v) is 6.50. The SMILES string of the molecule is Cc1cc(C)c2c(c1)-c1ccccc1C2CC(=O)O. The normalized spacial score (nSPS) is 16.0. The lowest BCUT2D eigenvalue weighted by atomic mass is 9.90. The van der Waals surface area contributed by atoms with Crippen LogP contribution in [-0.4, -0.2) is 11.1 Å². The molecule has 3 rings (SSSR count). The number of hydrogen-bond acceptors (Lipinski definition) is 1. The van der Waals surface area contributed by atoms with E-state index in [9.17, 15) is 9.90 Å². The summed E-state index contributed by atoms with van der Waals surface area (Å²) in [6, 6.07) is 12.5. The molecule has 2 aromatic carbocycles. The summed E-state index contributed by atoms with van der Waals surface area (Å²) in [5.74, 6) is -0.753. The van der Waals surface area contributed by atoms with E-state index in [4.69, 9.17) is 0 Å². The van der Waals surface area contributed by atoms with Gasteiger partial charge < -0.3 is 5.11 Å². The Bertz CT molecular complexity index is 671. The zero-order valence-corrected chi connectivity index (χ0v) is 11.1. The zero-order chi connectivity index (χ0) is 13.6. The first kappa shape index (κ1) is 12.0. The fourth-order valence-electron chi connectivity index (χ4n) is 3.25. The third-order valence-electron chi connectivity index (χ3n) is 3.88. The summed E-state index contributed by atoms with van der Waals surface area (Å²) in [5.41, 5.74) is 7.15. The molecule has 1 N–H and O–H groups in total. The summed E-state index contributed by atoms with van der Waals surface area (Å²) in [7, 11) is 0. The third kappa shape index (κ3) is 1.84. The van der Waals surface area contributed by atoms with Crippen molar-refractivity contribution in [1.29, 1.82) is 0 Å². The van der Waals surface area contributed by atoms with Crippen molar-refractivity contribution in [3.05, 3.63) is 58.7 Å². The smallest absolute Gasteiger partial charge is 0.304 e. The Morgan fingerprint density at radius 3 is 2.63 bits per heavy atom. The Kier molecular flexibility index (Phi) is 2.67. The standard InChI is InChI=1S/C17H16O2/c1-10-7-11(2)17-14(8-10)12-5-3-4-6-13(12)15(17)9-16(18)19/h3-8,15H,9H2,1-2H3,(H,18,19). The van der Waals surface area contributed by atoms with E-state index in [0.717, 1.165) is 5.56 Å². The number of hydrogen-bond donors (Lipinski definition) is 1. The molecule has 19 heavy (non-hydrogen) atoms. The number of benzene rings is 2. The van der Waals surface area contributed by atoms with Crippen LogP contribution in [0.15, 0.2) is 36.4 Å². The van der Waals surface area contributed by atoms with Crippen LogP contribution in [0.5, 0.6) is 0 Å². The van der Waals surface area contributed by atoms with Gasteiger partial charge in [-0.25, -0.2) is 0 Å². The molecule has 1 aliphatic rings. The van der Waals surface area contributed by atoms with Gasteiger partial charge in [0.05, 0.1) is 6.42 Å². The maximum Gasteiger partial charge on any atom is 0.304 e. The summed E-state index contributed by atoms with van der Waals surface area (Å²) >= 11 is 0. The van der Waals surface area contributed by atoms with Crippen LogP contribution in [-0.2, 0) is 4.79 Å². The Morgan fingerprint density at radius 2 is 1.89 bits per heavy atom. The van der Waals surface area contributed by atoms with Gasteiger partial charge in [0.1, 0.15) is 0 Å². The minimum Gasteiger partial charge on any atom is -0.481 e. The molecule has 0 radical (unpaired) electrons. The molecule has 0 heterocycles. The number of carbonyl (C=O) groups is 1. The van der Waals surface area contributed by atoms with Gasteiger partial charge in [-0.2, -0.15) is 0 Å². The highest BCUT2D eigenvalue weighted by Crippen LogP contribution is 2.47. The molecule has 0 aromatic heterocycles. The summed E-state index contributed by atoms with van der Waals surface area (Å²) < 4.78 is 0. The van der Waals surface area contributed by atoms with Crippen LogP contribution >= 0.6 is 0 Å². The highest BCUT2D eigenvalue weighted by molar-refractivity contribution is 5.83. The van der Waals surface area contributed by atoms with Crippen molar-refractivity contribution in [2.24, 2.45) is 0 Å². The van der Waals surface area contributed by atoms with Crippen LogP contribution in [0, 0.1) is 13.8 Å². The first-order chi connectivity index (χ1) is 9.08. The average Bonchev–Trinajstić information content (AvgIpc) is 2.64. The average molecular weight is 252 g/mol. The number of fused-ring (bicyclic) bond motifs is 3. The lowest BCUT2D eigenvalue weighted by molar-refractivity contribution is -0.137. The van der Waals surface area contributed by atoms with Crippen molar-refractivity contribution >= 4 is 5.97 Å². The summed E-state index contributed by atoms with van der Waals surface area (Å²) in [5, 5.41) is 9.17. The molecule has 0 spiro atoms. The Hall–Kier alpha value is -2.09. The zero-order valence-electron chi connectivity index (χ0n) is 11.1. The summed E-state index contributed by atoms with van der Waals surface area (Å²) in [4.78, 5) is 11.2. The van der Waals surface area contributed by atoms with Gasteiger partial charge in [0.15, 0.2) is 0 Å². The molecule has 96 valence electrons. The first-order valence-electron chi connectivity index (χ1n) is 6.50. The lowest BCUT2D eigenvalue weighted by Gasteiger charge is -2.13. The largest absolute Gasteiger partial charge is 0.481 e. The molecule has 1 atom stereocenters. The Labute approximate surface area is 112 Å². The van der Waals surface area contributed by atoms with Gasteiger partial charge in [0, 0.05) is 5.92 Å². The molecular formula is C17H16O2. The second kappa shape index (κ2) is 4.23. The predicted octanol–water partition coefficient (Wildman–Crippen LogP) is 3.89. The molecular weight excluding hydrogens is 236 g/mol. The molecule has 1 aliphatic carbocycles. The van der Waals surface area contributed by atoms with E-state index in [1.54, 1.807) is 0 Å². The summed E-state index contributed by atoms with van der Waals surface area (Å²) in [6.07, 6.45) is 0.161. The van der Waals surface area contributed by atoms with Gasteiger partial charge in [-0.3, -0.25) is 4.79 Å². The lowest BCUT2D eigenvalue weighted by Crippen LogP contribution is -2.06. The van der Waals surface area contributed by atoms with Crippen LogP contribution < -0.4 is 0 Å². The molecule has 0 fully saturated rings. The van der Waals surface area contributed by atoms with E-state index in [0.29, 0.717) is 0 Å². The van der Waals surface area contributed by atoms with Gasteiger partial charge >= 0.3 is 5.97 Å². The van der Waals surface area contributed by atoms with Crippen molar-refractivity contribution in [3.8, 4) is 11.1 Å². The molecule has 0 bridgehead atoms. The molecule has 2 heteroatoms. The molecule has 2 aromatic rings. The Balaban J connectivity index is 2.27. The fraction of sp³-hybridized carbons (Fsp3) is 0.235. The highest BCUT2D eigenvalue weighted by atomic mass is 16.4. The number of carboxylic acid groups (broad SMARTS) is 1. The topological polar surface area (TPSA) is 37.3 Å². The van der Waals surface area contributed by atoms with Gasteiger partial charge in [0.25, 0.3) is 0 Å². The van der Waals surface area contributed by atoms with Crippen molar-refractivity contribution < 1.29 is 9.90 Å². The highest BCUT2D eigenvalue weighted by Gasteiger charge is 2.31. The van der Waals surface area contributed by atoms with E-state index in [1.165, 1.54) is 27.8 Å². The van der Waals surface area contributed by atoms with Gasteiger partial charge in [-0.15, -0.1) is 0 Å². The second-order valence-corrected chi connectivity index (χ2v) is 5.28. The molecule has 1 unspecified atom stereocenters. The monoisotopic (exact) mass is 252 g/mol. The molecule has 0 amide bonds. The van der Waals surface area contributed by atoms with Gasteiger partial charge in [-0.1, -0.05) is 42.0 Å². The minimum absolute atomic E-state index is 0.00991. The quantitative estimate of drug-likeness (QED) is 0.880. The molecule has 2 nitrogen and oxygen atoms in total. The minimum atomic E-state index is -0.743. The van der Waals surface area contributed by atoms with Crippen LogP contribution in [0.2, 0.25) is 0 Å². The van der Waals surface area contributed by atoms with Crippen LogP contribution in [0.25, 0.3) is 11.1 Å². The maximum atomic E-state index is 11.2. The molecule has 0 saturated carbocycles. The van der Waals surface area contributed by atoms with Crippen LogP contribution in [0.4, 0.5) is 0 Å². The van der Waals surface area contributed by atoms with Crippen molar-refractivity contribution in [2.45, 2.75) is 26.2 Å². The molecule has 0 aliphatic heterocycles. The van der Waals surface area contributed by atoms with E-state index in [2.05, 4.69) is 38.1 Å². The number of aliphatic carboxylic acids is 1.